The fraction of sp³-hybridized carbons (Fsp3) is 0.267. The van der Waals surface area contributed by atoms with Gasteiger partial charge in [-0.25, -0.2) is 0 Å². The molecule has 5 heteroatoms. The smallest absolute Gasteiger partial charge is 0.274 e. The number of hydrogen-bond donors (Lipinski definition) is 1. The van der Waals surface area contributed by atoms with Crippen LogP contribution in [0.2, 0.25) is 0 Å². The highest BCUT2D eigenvalue weighted by Crippen LogP contribution is 2.19. The van der Waals surface area contributed by atoms with Crippen LogP contribution in [0.4, 0.5) is 5.69 Å². The van der Waals surface area contributed by atoms with E-state index in [4.69, 9.17) is 4.74 Å². The molecule has 106 valence electrons. The number of ether oxygens (including phenoxy) is 1. The van der Waals surface area contributed by atoms with E-state index in [0.29, 0.717) is 18.8 Å². The second-order valence-electron chi connectivity index (χ2n) is 4.46. The molecule has 0 fully saturated rings. The minimum Gasteiger partial charge on any atom is -0.508 e. The van der Waals surface area contributed by atoms with Crippen molar-refractivity contribution in [1.82, 2.24) is 4.57 Å². The Morgan fingerprint density at radius 3 is 2.65 bits per heavy atom. The fourth-order valence-corrected chi connectivity index (χ4v) is 1.96. The second kappa shape index (κ2) is 6.25. The molecule has 1 N–H and O–H groups in total. The molecule has 0 unspecified atom stereocenters. The third-order valence-corrected chi connectivity index (χ3v) is 3.13. The number of nitrogens with zero attached hydrogens (tertiary/aromatic N) is 2. The number of benzene rings is 1. The highest BCUT2D eigenvalue weighted by Gasteiger charge is 2.16. The lowest BCUT2D eigenvalue weighted by molar-refractivity contribution is 0.0981. The number of anilines is 1. The van der Waals surface area contributed by atoms with Crippen LogP contribution in [0.5, 0.6) is 5.75 Å². The molecule has 0 atom stereocenters. The summed E-state index contributed by atoms with van der Waals surface area (Å²) in [5.74, 6) is 0.0786. The van der Waals surface area contributed by atoms with Gasteiger partial charge in [0.15, 0.2) is 0 Å². The molecule has 0 spiro atoms. The summed E-state index contributed by atoms with van der Waals surface area (Å²) >= 11 is 0. The number of amides is 1. The third kappa shape index (κ3) is 3.00. The van der Waals surface area contributed by atoms with Crippen molar-refractivity contribution in [3.63, 3.8) is 0 Å². The summed E-state index contributed by atoms with van der Waals surface area (Å²) in [4.78, 5) is 14.0. The van der Waals surface area contributed by atoms with Crippen molar-refractivity contribution in [2.75, 3.05) is 25.7 Å². The molecule has 0 aliphatic carbocycles. The van der Waals surface area contributed by atoms with Gasteiger partial charge in [0.2, 0.25) is 0 Å². The number of carbonyl (C=O) groups is 1. The zero-order valence-electron chi connectivity index (χ0n) is 11.6. The van der Waals surface area contributed by atoms with Crippen molar-refractivity contribution in [2.45, 2.75) is 6.54 Å². The van der Waals surface area contributed by atoms with Gasteiger partial charge >= 0.3 is 0 Å². The first-order chi connectivity index (χ1) is 9.63. The first-order valence-electron chi connectivity index (χ1n) is 6.34. The van der Waals surface area contributed by atoms with Crippen LogP contribution in [0, 0.1) is 0 Å². The Hall–Kier alpha value is -2.27. The van der Waals surface area contributed by atoms with Crippen LogP contribution < -0.4 is 4.90 Å². The minimum atomic E-state index is -0.100. The molecule has 1 aromatic heterocycles. The van der Waals surface area contributed by atoms with Gasteiger partial charge in [-0.2, -0.15) is 0 Å². The molecule has 1 heterocycles. The lowest BCUT2D eigenvalue weighted by atomic mass is 10.2. The predicted octanol–water partition coefficient (Wildman–Crippen LogP) is 2.12. The van der Waals surface area contributed by atoms with Gasteiger partial charge < -0.3 is 19.3 Å². The van der Waals surface area contributed by atoms with Crippen molar-refractivity contribution < 1.29 is 14.6 Å². The van der Waals surface area contributed by atoms with Gasteiger partial charge in [-0.1, -0.05) is 0 Å². The van der Waals surface area contributed by atoms with Gasteiger partial charge in [-0.15, -0.1) is 0 Å². The molecule has 20 heavy (non-hydrogen) atoms. The number of rotatable bonds is 5. The molecule has 0 radical (unpaired) electrons. The number of carbonyl (C=O) groups excluding carboxylic acids is 1. The first kappa shape index (κ1) is 14.1. The van der Waals surface area contributed by atoms with E-state index in [-0.39, 0.29) is 11.7 Å². The summed E-state index contributed by atoms with van der Waals surface area (Å²) in [6.45, 7) is 1.19. The van der Waals surface area contributed by atoms with Crippen molar-refractivity contribution in [3.05, 3.63) is 48.3 Å². The molecule has 2 rings (SSSR count). The maximum atomic E-state index is 12.5. The molecule has 0 saturated heterocycles. The Morgan fingerprint density at radius 1 is 1.30 bits per heavy atom. The highest BCUT2D eigenvalue weighted by molar-refractivity contribution is 6.04. The highest BCUT2D eigenvalue weighted by atomic mass is 16.5. The lowest BCUT2D eigenvalue weighted by Crippen LogP contribution is -2.28. The molecule has 1 amide bonds. The Bertz CT molecular complexity index is 575. The Morgan fingerprint density at radius 2 is 2.00 bits per heavy atom. The zero-order chi connectivity index (χ0) is 14.5. The van der Waals surface area contributed by atoms with E-state index in [2.05, 4.69) is 0 Å². The van der Waals surface area contributed by atoms with Crippen molar-refractivity contribution >= 4 is 11.6 Å². The summed E-state index contributed by atoms with van der Waals surface area (Å²) in [5, 5.41) is 9.28. The summed E-state index contributed by atoms with van der Waals surface area (Å²) in [7, 11) is 3.34. The number of phenolic OH excluding ortho intramolecular Hbond substituents is 1. The largest absolute Gasteiger partial charge is 0.508 e. The quantitative estimate of drug-likeness (QED) is 0.908. The summed E-state index contributed by atoms with van der Waals surface area (Å²) in [6.07, 6.45) is 1.86. The summed E-state index contributed by atoms with van der Waals surface area (Å²) < 4.78 is 6.90. The lowest BCUT2D eigenvalue weighted by Gasteiger charge is -2.18. The first-order valence-corrected chi connectivity index (χ1v) is 6.34. The SMILES string of the molecule is COCCn1cccc1C(=O)N(C)c1ccc(O)cc1. The standard InChI is InChI=1S/C15H18N2O3/c1-16(12-5-7-13(18)8-6-12)15(19)14-4-3-9-17(14)10-11-20-2/h3-9,18H,10-11H2,1-2H3. The zero-order valence-corrected chi connectivity index (χ0v) is 11.6. The number of hydrogen-bond acceptors (Lipinski definition) is 3. The molecule has 0 aliphatic rings. The van der Waals surface area contributed by atoms with Gasteiger partial charge in [0, 0.05) is 32.6 Å². The number of aromatic hydroxyl groups is 1. The average molecular weight is 274 g/mol. The topological polar surface area (TPSA) is 54.7 Å². The second-order valence-corrected chi connectivity index (χ2v) is 4.46. The predicted molar refractivity (Wildman–Crippen MR) is 77.1 cm³/mol. The molecule has 1 aromatic carbocycles. The van der Waals surface area contributed by atoms with E-state index in [9.17, 15) is 9.90 Å². The fourth-order valence-electron chi connectivity index (χ4n) is 1.96. The molecule has 2 aromatic rings. The van der Waals surface area contributed by atoms with Crippen molar-refractivity contribution in [2.24, 2.45) is 0 Å². The van der Waals surface area contributed by atoms with Gasteiger partial charge in [0.25, 0.3) is 5.91 Å². The van der Waals surface area contributed by atoms with E-state index < -0.39 is 0 Å². The van der Waals surface area contributed by atoms with Gasteiger partial charge in [0.1, 0.15) is 11.4 Å². The molecule has 0 saturated carbocycles. The average Bonchev–Trinajstić information content (AvgIpc) is 2.92. The Labute approximate surface area is 118 Å². The van der Waals surface area contributed by atoms with Crippen LogP contribution in [0.15, 0.2) is 42.6 Å². The van der Waals surface area contributed by atoms with E-state index >= 15 is 0 Å². The van der Waals surface area contributed by atoms with Gasteiger partial charge in [0.05, 0.1) is 6.61 Å². The Balaban J connectivity index is 2.18. The van der Waals surface area contributed by atoms with Gasteiger partial charge in [-0.3, -0.25) is 4.79 Å². The molecular weight excluding hydrogens is 256 g/mol. The summed E-state index contributed by atoms with van der Waals surface area (Å²) in [6, 6.07) is 10.2. The van der Waals surface area contributed by atoms with Crippen LogP contribution in [-0.2, 0) is 11.3 Å². The molecule has 5 nitrogen and oxygen atoms in total. The third-order valence-electron chi connectivity index (χ3n) is 3.13. The van der Waals surface area contributed by atoms with Crippen LogP contribution in [-0.4, -0.2) is 36.3 Å². The van der Waals surface area contributed by atoms with Crippen molar-refractivity contribution in [3.8, 4) is 5.75 Å². The summed E-state index contributed by atoms with van der Waals surface area (Å²) in [5.41, 5.74) is 1.34. The number of methoxy groups -OCH3 is 1. The van der Waals surface area contributed by atoms with E-state index in [1.54, 1.807) is 49.4 Å². The molecular formula is C15H18N2O3. The van der Waals surface area contributed by atoms with E-state index in [0.717, 1.165) is 5.69 Å². The van der Waals surface area contributed by atoms with E-state index in [1.807, 2.05) is 16.8 Å². The minimum absolute atomic E-state index is 0.100. The van der Waals surface area contributed by atoms with Crippen molar-refractivity contribution in [1.29, 1.82) is 0 Å². The van der Waals surface area contributed by atoms with Crippen LogP contribution in [0.3, 0.4) is 0 Å². The van der Waals surface area contributed by atoms with E-state index in [1.165, 1.54) is 0 Å². The normalized spacial score (nSPS) is 10.5. The Kier molecular flexibility index (Phi) is 4.42. The van der Waals surface area contributed by atoms with Crippen LogP contribution in [0.1, 0.15) is 10.5 Å². The number of aromatic nitrogens is 1. The van der Waals surface area contributed by atoms with Crippen LogP contribution in [0.25, 0.3) is 0 Å². The maximum Gasteiger partial charge on any atom is 0.274 e. The molecule has 0 bridgehead atoms. The number of phenols is 1. The van der Waals surface area contributed by atoms with Gasteiger partial charge in [-0.05, 0) is 36.4 Å². The maximum absolute atomic E-state index is 12.5. The molecule has 0 aliphatic heterocycles. The monoisotopic (exact) mass is 274 g/mol. The van der Waals surface area contributed by atoms with Crippen LogP contribution >= 0.6 is 0 Å².